The van der Waals surface area contributed by atoms with Crippen molar-refractivity contribution in [3.05, 3.63) is 16.0 Å². The largest absolute Gasteiger partial charge is 0.465 e. The lowest BCUT2D eigenvalue weighted by molar-refractivity contribution is 0.0601. The number of rotatable bonds is 11. The van der Waals surface area contributed by atoms with Crippen LogP contribution >= 0.6 is 23.6 Å². The molecule has 25 heavy (non-hydrogen) atoms. The molecule has 0 bridgehead atoms. The van der Waals surface area contributed by atoms with E-state index in [1.165, 1.54) is 63.4 Å². The maximum absolute atomic E-state index is 12.0. The van der Waals surface area contributed by atoms with Crippen LogP contribution in [0.3, 0.4) is 0 Å². The number of carbonyl (C=O) groups excluding carboxylic acids is 1. The summed E-state index contributed by atoms with van der Waals surface area (Å²) in [6, 6.07) is 0. The highest BCUT2D eigenvalue weighted by molar-refractivity contribution is 7.80. The van der Waals surface area contributed by atoms with Gasteiger partial charge in [0.15, 0.2) is 5.11 Å². The Hall–Kier alpha value is -1.14. The number of thiocarbonyl (C=S) groups is 1. The molecule has 0 saturated heterocycles. The minimum atomic E-state index is -0.324. The van der Waals surface area contributed by atoms with Gasteiger partial charge >= 0.3 is 5.97 Å². The van der Waals surface area contributed by atoms with Crippen molar-refractivity contribution in [2.24, 2.45) is 0 Å². The van der Waals surface area contributed by atoms with Crippen LogP contribution in [-0.4, -0.2) is 24.7 Å². The Morgan fingerprint density at radius 3 is 2.28 bits per heavy atom. The monoisotopic (exact) mass is 384 g/mol. The van der Waals surface area contributed by atoms with Crippen LogP contribution in [0, 0.1) is 13.8 Å². The number of hydrogen-bond donors (Lipinski definition) is 2. The van der Waals surface area contributed by atoms with Gasteiger partial charge in [-0.25, -0.2) is 4.79 Å². The van der Waals surface area contributed by atoms with Gasteiger partial charge in [-0.15, -0.1) is 11.3 Å². The van der Waals surface area contributed by atoms with Gasteiger partial charge in [0.05, 0.1) is 12.7 Å². The molecule has 0 aromatic carbocycles. The normalized spacial score (nSPS) is 10.6. The van der Waals surface area contributed by atoms with Crippen molar-refractivity contribution in [1.29, 1.82) is 0 Å². The molecule has 0 radical (unpaired) electrons. The van der Waals surface area contributed by atoms with E-state index >= 15 is 0 Å². The summed E-state index contributed by atoms with van der Waals surface area (Å²) in [4.78, 5) is 13.0. The fraction of sp³-hybridized carbons (Fsp3) is 0.684. The highest BCUT2D eigenvalue weighted by Gasteiger charge is 2.20. The van der Waals surface area contributed by atoms with Crippen molar-refractivity contribution in [2.45, 2.75) is 72.1 Å². The van der Waals surface area contributed by atoms with Crippen molar-refractivity contribution >= 4 is 39.6 Å². The zero-order chi connectivity index (χ0) is 18.7. The first kappa shape index (κ1) is 21.9. The lowest BCUT2D eigenvalue weighted by Gasteiger charge is -2.10. The number of aryl methyl sites for hydroxylation is 1. The molecule has 0 spiro atoms. The second kappa shape index (κ2) is 12.3. The maximum atomic E-state index is 12.0. The number of thiophene rings is 1. The first-order chi connectivity index (χ1) is 12.0. The van der Waals surface area contributed by atoms with E-state index in [4.69, 9.17) is 17.0 Å². The number of methoxy groups -OCH3 is 1. The third-order valence-corrected chi connectivity index (χ3v) is 5.69. The van der Waals surface area contributed by atoms with E-state index in [-0.39, 0.29) is 5.97 Å². The number of hydrogen-bond acceptors (Lipinski definition) is 4. The number of nitrogens with one attached hydrogen (secondary N) is 2. The number of esters is 1. The lowest BCUT2D eigenvalue weighted by Crippen LogP contribution is -2.29. The quantitative estimate of drug-likeness (QED) is 0.296. The van der Waals surface area contributed by atoms with E-state index in [1.807, 2.05) is 13.8 Å². The fourth-order valence-electron chi connectivity index (χ4n) is 2.67. The average molecular weight is 385 g/mol. The lowest BCUT2D eigenvalue weighted by atomic mass is 10.1. The van der Waals surface area contributed by atoms with Crippen LogP contribution in [0.2, 0.25) is 0 Å². The average Bonchev–Trinajstić information content (AvgIpc) is 2.86. The molecule has 0 saturated carbocycles. The summed E-state index contributed by atoms with van der Waals surface area (Å²) in [5.74, 6) is -0.324. The smallest absolute Gasteiger partial charge is 0.341 e. The molecule has 4 nitrogen and oxygen atoms in total. The first-order valence-electron chi connectivity index (χ1n) is 9.24. The molecule has 0 unspecified atom stereocenters. The third-order valence-electron chi connectivity index (χ3n) is 4.32. The van der Waals surface area contributed by atoms with Gasteiger partial charge in [-0.05, 0) is 38.0 Å². The highest BCUT2D eigenvalue weighted by atomic mass is 32.1. The Morgan fingerprint density at radius 1 is 1.08 bits per heavy atom. The van der Waals surface area contributed by atoms with Crippen molar-refractivity contribution in [1.82, 2.24) is 5.32 Å². The molecule has 1 aromatic heterocycles. The summed E-state index contributed by atoms with van der Waals surface area (Å²) in [5.41, 5.74) is 1.53. The van der Waals surface area contributed by atoms with Gasteiger partial charge in [-0.2, -0.15) is 0 Å². The summed E-state index contributed by atoms with van der Waals surface area (Å²) in [6.45, 7) is 7.03. The molecule has 1 rings (SSSR count). The third kappa shape index (κ3) is 7.74. The Kier molecular flexibility index (Phi) is 10.7. The first-order valence-corrected chi connectivity index (χ1v) is 10.5. The van der Waals surface area contributed by atoms with Gasteiger partial charge in [0.1, 0.15) is 5.00 Å². The van der Waals surface area contributed by atoms with Crippen LogP contribution in [0.4, 0.5) is 5.00 Å². The maximum Gasteiger partial charge on any atom is 0.341 e. The minimum Gasteiger partial charge on any atom is -0.465 e. The number of ether oxygens (including phenoxy) is 1. The molecule has 6 heteroatoms. The minimum absolute atomic E-state index is 0.324. The Morgan fingerprint density at radius 2 is 1.68 bits per heavy atom. The van der Waals surface area contributed by atoms with Gasteiger partial charge < -0.3 is 15.4 Å². The zero-order valence-corrected chi connectivity index (χ0v) is 17.6. The van der Waals surface area contributed by atoms with Crippen LogP contribution in [0.15, 0.2) is 0 Å². The Bertz CT molecular complexity index is 556. The molecular formula is C19H32N2O2S2. The van der Waals surface area contributed by atoms with Gasteiger partial charge in [0, 0.05) is 11.4 Å². The highest BCUT2D eigenvalue weighted by Crippen LogP contribution is 2.32. The summed E-state index contributed by atoms with van der Waals surface area (Å²) < 4.78 is 4.88. The second-order valence-electron chi connectivity index (χ2n) is 6.33. The molecule has 0 aliphatic rings. The fourth-order valence-corrected chi connectivity index (χ4v) is 3.99. The van der Waals surface area contributed by atoms with Crippen LogP contribution in [0.25, 0.3) is 0 Å². The molecule has 2 N–H and O–H groups in total. The van der Waals surface area contributed by atoms with Crippen LogP contribution < -0.4 is 10.6 Å². The number of unbranched alkanes of at least 4 members (excludes halogenated alkanes) is 7. The van der Waals surface area contributed by atoms with E-state index in [0.29, 0.717) is 10.7 Å². The number of carbonyl (C=O) groups is 1. The van der Waals surface area contributed by atoms with E-state index in [2.05, 4.69) is 17.6 Å². The van der Waals surface area contributed by atoms with E-state index in [0.717, 1.165) is 28.4 Å². The van der Waals surface area contributed by atoms with Crippen molar-refractivity contribution in [2.75, 3.05) is 19.0 Å². The second-order valence-corrected chi connectivity index (χ2v) is 7.97. The summed E-state index contributed by atoms with van der Waals surface area (Å²) in [6.07, 6.45) is 10.3. The molecular weight excluding hydrogens is 352 g/mol. The van der Waals surface area contributed by atoms with Gasteiger partial charge in [0.25, 0.3) is 0 Å². The van der Waals surface area contributed by atoms with E-state index in [9.17, 15) is 4.79 Å². The van der Waals surface area contributed by atoms with Gasteiger partial charge in [0.2, 0.25) is 0 Å². The van der Waals surface area contributed by atoms with Crippen molar-refractivity contribution in [3.63, 3.8) is 0 Å². The summed E-state index contributed by atoms with van der Waals surface area (Å²) >= 11 is 6.88. The van der Waals surface area contributed by atoms with E-state index < -0.39 is 0 Å². The number of anilines is 1. The SMILES string of the molecule is CCCCCCCCCCNC(=S)Nc1sc(C)c(C)c1C(=O)OC. The molecule has 0 amide bonds. The molecule has 0 atom stereocenters. The summed E-state index contributed by atoms with van der Waals surface area (Å²) in [7, 11) is 1.40. The van der Waals surface area contributed by atoms with Crippen LogP contribution in [0.5, 0.6) is 0 Å². The Balaban J connectivity index is 2.29. The molecule has 0 aliphatic heterocycles. The van der Waals surface area contributed by atoms with Crippen LogP contribution in [-0.2, 0) is 4.74 Å². The molecule has 1 aromatic rings. The van der Waals surface area contributed by atoms with Crippen molar-refractivity contribution in [3.8, 4) is 0 Å². The van der Waals surface area contributed by atoms with Gasteiger partial charge in [-0.1, -0.05) is 51.9 Å². The molecule has 142 valence electrons. The van der Waals surface area contributed by atoms with Crippen LogP contribution in [0.1, 0.15) is 79.1 Å². The standard InChI is InChI=1S/C19H32N2O2S2/c1-5-6-7-8-9-10-11-12-13-20-19(24)21-17-16(18(22)23-4)14(2)15(3)25-17/h5-13H2,1-4H3,(H2,20,21,24). The predicted molar refractivity (Wildman–Crippen MR) is 112 cm³/mol. The molecule has 1 heterocycles. The molecule has 0 aliphatic carbocycles. The summed E-state index contributed by atoms with van der Waals surface area (Å²) in [5, 5.41) is 7.70. The zero-order valence-electron chi connectivity index (χ0n) is 16.0. The van der Waals surface area contributed by atoms with Gasteiger partial charge in [-0.3, -0.25) is 0 Å². The molecule has 0 fully saturated rings. The Labute approximate surface area is 161 Å². The topological polar surface area (TPSA) is 50.4 Å². The predicted octanol–water partition coefficient (Wildman–Crippen LogP) is 5.58. The van der Waals surface area contributed by atoms with E-state index in [1.54, 1.807) is 0 Å². The van der Waals surface area contributed by atoms with Crippen molar-refractivity contribution < 1.29 is 9.53 Å².